The second-order valence-electron chi connectivity index (χ2n) is 6.53. The van der Waals surface area contributed by atoms with Gasteiger partial charge in [0, 0.05) is 12.6 Å². The van der Waals surface area contributed by atoms with Crippen LogP contribution < -0.4 is 9.47 Å². The van der Waals surface area contributed by atoms with Crippen LogP contribution >= 0.6 is 0 Å². The van der Waals surface area contributed by atoms with E-state index in [9.17, 15) is 20.0 Å². The van der Waals surface area contributed by atoms with Crippen LogP contribution in [0.25, 0.3) is 0 Å². The highest BCUT2D eigenvalue weighted by molar-refractivity contribution is 5.99. The minimum Gasteiger partial charge on any atom is -0.493 e. The second-order valence-corrected chi connectivity index (χ2v) is 6.53. The summed E-state index contributed by atoms with van der Waals surface area (Å²) in [5, 5.41) is 21.0. The van der Waals surface area contributed by atoms with Crippen molar-refractivity contribution in [2.24, 2.45) is 0 Å². The molecule has 8 heteroatoms. The largest absolute Gasteiger partial charge is 0.493 e. The number of nitro benzene ring substituents is 1. The molecule has 148 valence electrons. The standard InChI is InChI=1S/C20H22N2O6/c1-27-18-11-17(22(25)26)16(20(24)21-9-5-8-15(21)12-23)10-19(18)28-13-14-6-3-2-4-7-14/h2-4,6-7,10-11,15,23H,5,8-9,12-13H2,1H3. The van der Waals surface area contributed by atoms with Gasteiger partial charge in [-0.15, -0.1) is 0 Å². The molecule has 1 atom stereocenters. The molecule has 8 nitrogen and oxygen atoms in total. The van der Waals surface area contributed by atoms with Crippen molar-refractivity contribution in [3.05, 3.63) is 63.7 Å². The highest BCUT2D eigenvalue weighted by Crippen LogP contribution is 2.36. The number of aliphatic hydroxyl groups excluding tert-OH is 1. The maximum atomic E-state index is 13.0. The van der Waals surface area contributed by atoms with Crippen molar-refractivity contribution >= 4 is 11.6 Å². The minimum atomic E-state index is -0.610. The molecule has 1 fully saturated rings. The van der Waals surface area contributed by atoms with Gasteiger partial charge in [0.05, 0.1) is 30.7 Å². The molecule has 2 aromatic carbocycles. The van der Waals surface area contributed by atoms with E-state index in [1.165, 1.54) is 24.1 Å². The summed E-state index contributed by atoms with van der Waals surface area (Å²) in [4.78, 5) is 25.4. The molecule has 0 bridgehead atoms. The summed E-state index contributed by atoms with van der Waals surface area (Å²) in [7, 11) is 1.39. The number of hydrogen-bond donors (Lipinski definition) is 1. The van der Waals surface area contributed by atoms with Crippen LogP contribution in [0, 0.1) is 10.1 Å². The number of rotatable bonds is 7. The fraction of sp³-hybridized carbons (Fsp3) is 0.350. The molecule has 0 saturated carbocycles. The zero-order chi connectivity index (χ0) is 20.1. The van der Waals surface area contributed by atoms with E-state index in [4.69, 9.17) is 9.47 Å². The van der Waals surface area contributed by atoms with Gasteiger partial charge in [0.1, 0.15) is 12.2 Å². The molecule has 0 spiro atoms. The SMILES string of the molecule is COc1cc([N+](=O)[O-])c(C(=O)N2CCCC2CO)cc1OCc1ccccc1. The summed E-state index contributed by atoms with van der Waals surface area (Å²) in [5.74, 6) is -0.0603. The second kappa shape index (κ2) is 8.71. The third-order valence-electron chi connectivity index (χ3n) is 4.79. The number of methoxy groups -OCH3 is 1. The molecule has 2 aromatic rings. The Bertz CT molecular complexity index is 855. The summed E-state index contributed by atoms with van der Waals surface area (Å²) >= 11 is 0. The molecule has 28 heavy (non-hydrogen) atoms. The first kappa shape index (κ1) is 19.6. The van der Waals surface area contributed by atoms with Crippen LogP contribution in [0.4, 0.5) is 5.69 Å². The maximum Gasteiger partial charge on any atom is 0.286 e. The maximum absolute atomic E-state index is 13.0. The number of ether oxygens (including phenoxy) is 2. The summed E-state index contributed by atoms with van der Waals surface area (Å²) in [6.07, 6.45) is 1.42. The van der Waals surface area contributed by atoms with Gasteiger partial charge in [-0.3, -0.25) is 14.9 Å². The van der Waals surface area contributed by atoms with Crippen LogP contribution in [0.5, 0.6) is 11.5 Å². The molecule has 0 aromatic heterocycles. The monoisotopic (exact) mass is 386 g/mol. The number of amides is 1. The van der Waals surface area contributed by atoms with Crippen molar-refractivity contribution in [1.29, 1.82) is 0 Å². The Morgan fingerprint density at radius 2 is 2.04 bits per heavy atom. The first-order chi connectivity index (χ1) is 13.5. The van der Waals surface area contributed by atoms with E-state index in [-0.39, 0.29) is 42.0 Å². The Labute approximate surface area is 162 Å². The van der Waals surface area contributed by atoms with Crippen LogP contribution in [0.15, 0.2) is 42.5 Å². The van der Waals surface area contributed by atoms with Crippen LogP contribution in [0.1, 0.15) is 28.8 Å². The number of hydrogen-bond acceptors (Lipinski definition) is 6. The lowest BCUT2D eigenvalue weighted by atomic mass is 10.1. The number of carbonyl (C=O) groups is 1. The minimum absolute atomic E-state index is 0.0748. The number of likely N-dealkylation sites (tertiary alicyclic amines) is 1. The van der Waals surface area contributed by atoms with Gasteiger partial charge in [-0.2, -0.15) is 0 Å². The van der Waals surface area contributed by atoms with Crippen molar-refractivity contribution in [2.45, 2.75) is 25.5 Å². The fourth-order valence-electron chi connectivity index (χ4n) is 3.33. The van der Waals surface area contributed by atoms with Crippen LogP contribution in [-0.2, 0) is 6.61 Å². The third-order valence-corrected chi connectivity index (χ3v) is 4.79. The topological polar surface area (TPSA) is 102 Å². The summed E-state index contributed by atoms with van der Waals surface area (Å²) < 4.78 is 11.0. The van der Waals surface area contributed by atoms with Crippen LogP contribution in [-0.4, -0.2) is 47.1 Å². The molecule has 1 saturated heterocycles. The smallest absolute Gasteiger partial charge is 0.286 e. The van der Waals surface area contributed by atoms with Gasteiger partial charge in [-0.05, 0) is 18.4 Å². The van der Waals surface area contributed by atoms with E-state index in [0.29, 0.717) is 13.0 Å². The lowest BCUT2D eigenvalue weighted by molar-refractivity contribution is -0.385. The fourth-order valence-corrected chi connectivity index (χ4v) is 3.33. The molecule has 1 aliphatic rings. The van der Waals surface area contributed by atoms with Crippen molar-refractivity contribution in [2.75, 3.05) is 20.3 Å². The summed E-state index contributed by atoms with van der Waals surface area (Å²) in [6, 6.07) is 11.7. The molecule has 0 aliphatic carbocycles. The van der Waals surface area contributed by atoms with Crippen molar-refractivity contribution in [3.63, 3.8) is 0 Å². The Kier molecular flexibility index (Phi) is 6.10. The van der Waals surface area contributed by atoms with Gasteiger partial charge in [0.25, 0.3) is 11.6 Å². The Hall–Kier alpha value is -3.13. The first-order valence-electron chi connectivity index (χ1n) is 9.00. The molecule has 1 aliphatic heterocycles. The summed E-state index contributed by atoms with van der Waals surface area (Å²) in [5.41, 5.74) is 0.488. The number of nitrogens with zero attached hydrogens (tertiary/aromatic N) is 2. The Balaban J connectivity index is 1.95. The first-order valence-corrected chi connectivity index (χ1v) is 9.00. The van der Waals surface area contributed by atoms with Crippen molar-refractivity contribution in [3.8, 4) is 11.5 Å². The Morgan fingerprint density at radius 3 is 2.68 bits per heavy atom. The van der Waals surface area contributed by atoms with Crippen molar-refractivity contribution in [1.82, 2.24) is 4.90 Å². The zero-order valence-corrected chi connectivity index (χ0v) is 15.5. The van der Waals surface area contributed by atoms with Gasteiger partial charge >= 0.3 is 0 Å². The number of nitro groups is 1. The van der Waals surface area contributed by atoms with Crippen molar-refractivity contribution < 1.29 is 24.3 Å². The van der Waals surface area contributed by atoms with E-state index >= 15 is 0 Å². The molecule has 1 heterocycles. The normalized spacial score (nSPS) is 16.1. The van der Waals surface area contributed by atoms with E-state index in [2.05, 4.69) is 0 Å². The molecule has 1 N–H and O–H groups in total. The van der Waals surface area contributed by atoms with E-state index in [0.717, 1.165) is 12.0 Å². The van der Waals surface area contributed by atoms with E-state index in [1.54, 1.807) is 0 Å². The van der Waals surface area contributed by atoms with Gasteiger partial charge in [0.2, 0.25) is 0 Å². The molecule has 3 rings (SSSR count). The number of carbonyl (C=O) groups excluding carboxylic acids is 1. The predicted molar refractivity (Wildman–Crippen MR) is 102 cm³/mol. The quantitative estimate of drug-likeness (QED) is 0.580. The van der Waals surface area contributed by atoms with Gasteiger partial charge in [0.15, 0.2) is 11.5 Å². The van der Waals surface area contributed by atoms with Gasteiger partial charge in [-0.25, -0.2) is 0 Å². The number of benzene rings is 2. The highest BCUT2D eigenvalue weighted by atomic mass is 16.6. The van der Waals surface area contributed by atoms with Gasteiger partial charge in [-0.1, -0.05) is 30.3 Å². The van der Waals surface area contributed by atoms with Crippen LogP contribution in [0.2, 0.25) is 0 Å². The Morgan fingerprint density at radius 1 is 1.29 bits per heavy atom. The summed E-state index contributed by atoms with van der Waals surface area (Å²) in [6.45, 7) is 0.506. The molecule has 0 radical (unpaired) electrons. The molecule has 1 amide bonds. The van der Waals surface area contributed by atoms with E-state index in [1.807, 2.05) is 30.3 Å². The zero-order valence-electron chi connectivity index (χ0n) is 15.5. The predicted octanol–water partition coefficient (Wildman–Crippen LogP) is 2.78. The highest BCUT2D eigenvalue weighted by Gasteiger charge is 2.33. The third kappa shape index (κ3) is 4.07. The molecule has 1 unspecified atom stereocenters. The van der Waals surface area contributed by atoms with Gasteiger partial charge < -0.3 is 19.5 Å². The molecular formula is C20H22N2O6. The average molecular weight is 386 g/mol. The lowest BCUT2D eigenvalue weighted by Crippen LogP contribution is -2.37. The average Bonchev–Trinajstić information content (AvgIpc) is 3.20. The van der Waals surface area contributed by atoms with Crippen LogP contribution in [0.3, 0.4) is 0 Å². The number of aliphatic hydroxyl groups is 1. The molecular weight excluding hydrogens is 364 g/mol. The van der Waals surface area contributed by atoms with E-state index < -0.39 is 10.8 Å². The lowest BCUT2D eigenvalue weighted by Gasteiger charge is -2.23.